The van der Waals surface area contributed by atoms with Crippen molar-refractivity contribution in [1.29, 1.82) is 0 Å². The molecule has 6 heteroatoms. The third kappa shape index (κ3) is 10.9. The number of nitrogens with zero attached hydrogens (tertiary/aromatic N) is 4. The average Bonchev–Trinajstić information content (AvgIpc) is 1.60. The number of aromatic nitrogens is 4. The molecule has 6 heterocycles. The summed E-state index contributed by atoms with van der Waals surface area (Å²) >= 11 is 3.73. The molecule has 0 unspecified atom stereocenters. The summed E-state index contributed by atoms with van der Waals surface area (Å²) < 4.78 is 15.0. The molecule has 0 aliphatic rings. The van der Waals surface area contributed by atoms with Gasteiger partial charge < -0.3 is 18.3 Å². The highest BCUT2D eigenvalue weighted by Crippen LogP contribution is 2.45. The summed E-state index contributed by atoms with van der Waals surface area (Å²) in [5.74, 6) is 0. The minimum atomic E-state index is 1.16. The molecular formula is C108H68N4S2. The minimum Gasteiger partial charge on any atom is -0.309 e. The van der Waals surface area contributed by atoms with Gasteiger partial charge in [0.05, 0.1) is 44.1 Å². The SMILES string of the molecule is c1ccc(-c2ccc(-n3c4ccccc4c4cc(-c5ccc6c(c5)c5ccccc5n6-c5ccc(-c6ccc7sc8ccccc8c7c6)cc5)ccc43)cc2)cc1.c1ccc(-c2ccc(-n3c4ccccc4c4cc(-c5ccc6c(c5)c5ccccc5n6-c5cccc(-c6ccc7sc8ccccc8c7c6)c5)ccc43)cc2)cc1. The molecule has 0 radical (unpaired) electrons. The average molecular weight is 1490 g/mol. The van der Waals surface area contributed by atoms with Crippen molar-refractivity contribution in [2.75, 3.05) is 0 Å². The number of fused-ring (bicyclic) bond motifs is 18. The van der Waals surface area contributed by atoms with Crippen LogP contribution in [0.2, 0.25) is 0 Å². The van der Waals surface area contributed by atoms with Crippen LogP contribution in [0.5, 0.6) is 0 Å². The summed E-state index contributed by atoms with van der Waals surface area (Å²) in [4.78, 5) is 0. The molecule has 0 amide bonds. The molecule has 4 nitrogen and oxygen atoms in total. The fourth-order valence-electron chi connectivity index (χ4n) is 18.0. The molecule has 532 valence electrons. The van der Waals surface area contributed by atoms with Crippen LogP contribution in [0.1, 0.15) is 0 Å². The zero-order valence-corrected chi connectivity index (χ0v) is 63.5. The molecule has 0 atom stereocenters. The molecule has 0 bridgehead atoms. The van der Waals surface area contributed by atoms with Gasteiger partial charge in [0, 0.05) is 106 Å². The molecule has 6 aromatic heterocycles. The summed E-state index contributed by atoms with van der Waals surface area (Å²) in [5.41, 5.74) is 28.9. The Hall–Kier alpha value is -14.4. The Morgan fingerprint density at radius 3 is 0.711 bits per heavy atom. The van der Waals surface area contributed by atoms with Gasteiger partial charge >= 0.3 is 0 Å². The van der Waals surface area contributed by atoms with Crippen LogP contribution < -0.4 is 0 Å². The van der Waals surface area contributed by atoms with Crippen molar-refractivity contribution < 1.29 is 0 Å². The normalized spacial score (nSPS) is 11.9. The van der Waals surface area contributed by atoms with E-state index < -0.39 is 0 Å². The van der Waals surface area contributed by atoms with E-state index in [0.29, 0.717) is 0 Å². The lowest BCUT2D eigenvalue weighted by molar-refractivity contribution is 1.18. The first kappa shape index (κ1) is 65.5. The van der Waals surface area contributed by atoms with Gasteiger partial charge in [0.25, 0.3) is 0 Å². The second kappa shape index (κ2) is 26.7. The molecule has 0 saturated heterocycles. The first-order chi connectivity index (χ1) is 56.5. The van der Waals surface area contributed by atoms with Gasteiger partial charge in [0.2, 0.25) is 0 Å². The van der Waals surface area contributed by atoms with Crippen LogP contribution in [0.15, 0.2) is 413 Å². The van der Waals surface area contributed by atoms with Crippen LogP contribution >= 0.6 is 22.7 Å². The topological polar surface area (TPSA) is 19.7 Å². The Kier molecular flexibility index (Phi) is 15.3. The number of hydrogen-bond donors (Lipinski definition) is 0. The summed E-state index contributed by atoms with van der Waals surface area (Å²) in [6.45, 7) is 0. The van der Waals surface area contributed by atoms with Crippen molar-refractivity contribution in [3.8, 4) is 89.5 Å². The molecular weight excluding hydrogens is 1420 g/mol. The fourth-order valence-corrected chi connectivity index (χ4v) is 20.2. The molecule has 0 N–H and O–H groups in total. The van der Waals surface area contributed by atoms with Gasteiger partial charge in [0.1, 0.15) is 0 Å². The number of rotatable bonds is 10. The summed E-state index contributed by atoms with van der Waals surface area (Å²) in [6.07, 6.45) is 0. The predicted molar refractivity (Wildman–Crippen MR) is 489 cm³/mol. The standard InChI is InChI=1S/2C54H34N2S/c1-2-11-35(12-3-1)36-21-26-41(27-22-36)55-49-18-7-4-15-43(49)46-32-38(23-28-51(46)55)39-24-29-52-47(33-39)44-16-5-8-19-50(44)56(52)42-14-10-13-37(31-42)40-25-30-54-48(34-40)45-17-6-9-20-53(45)57-54;1-2-10-35(11-3-1)36-18-25-41(26-19-36)55-49-15-7-4-12-43(49)46-32-39(22-29-51(46)55)40-23-30-52-47(33-40)44-13-5-8-16-50(44)56(52)42-27-20-37(21-28-42)38-24-31-54-48(34-38)45-14-6-9-17-53(45)57-54/h2*1-34H. The Morgan fingerprint density at radius 1 is 0.123 bits per heavy atom. The van der Waals surface area contributed by atoms with E-state index in [4.69, 9.17) is 0 Å². The van der Waals surface area contributed by atoms with Gasteiger partial charge in [-0.05, 0) is 224 Å². The van der Waals surface area contributed by atoms with Crippen LogP contribution in [0, 0.1) is 0 Å². The molecule has 114 heavy (non-hydrogen) atoms. The van der Waals surface area contributed by atoms with Crippen LogP contribution in [0.3, 0.4) is 0 Å². The molecule has 24 aromatic rings. The van der Waals surface area contributed by atoms with E-state index in [-0.39, 0.29) is 0 Å². The van der Waals surface area contributed by atoms with Crippen molar-refractivity contribution in [2.24, 2.45) is 0 Å². The maximum Gasteiger partial charge on any atom is 0.0541 e. The number of thiophene rings is 2. The Balaban J connectivity index is 0.000000135. The second-order valence-corrected chi connectivity index (χ2v) is 32.0. The summed E-state index contributed by atoms with van der Waals surface area (Å²) in [7, 11) is 0. The third-order valence-corrected chi connectivity index (χ3v) is 25.8. The Labute approximate surface area is 665 Å². The van der Waals surface area contributed by atoms with Crippen molar-refractivity contribution in [2.45, 2.75) is 0 Å². The van der Waals surface area contributed by atoms with Gasteiger partial charge in [-0.15, -0.1) is 22.7 Å². The van der Waals surface area contributed by atoms with Crippen molar-refractivity contribution >= 4 is 150 Å². The summed E-state index contributed by atoms with van der Waals surface area (Å²) in [6, 6.07) is 151. The smallest absolute Gasteiger partial charge is 0.0541 e. The first-order valence-electron chi connectivity index (χ1n) is 39.0. The van der Waals surface area contributed by atoms with E-state index in [1.54, 1.807) is 0 Å². The monoisotopic (exact) mass is 1480 g/mol. The Morgan fingerprint density at radius 2 is 0.351 bits per heavy atom. The van der Waals surface area contributed by atoms with Crippen molar-refractivity contribution in [3.05, 3.63) is 413 Å². The molecule has 0 spiro atoms. The van der Waals surface area contributed by atoms with Gasteiger partial charge in [-0.2, -0.15) is 0 Å². The summed E-state index contributed by atoms with van der Waals surface area (Å²) in [5, 5.41) is 15.3. The predicted octanol–water partition coefficient (Wildman–Crippen LogP) is 30.5. The van der Waals surface area contributed by atoms with E-state index in [1.165, 1.54) is 194 Å². The van der Waals surface area contributed by atoms with E-state index >= 15 is 0 Å². The van der Waals surface area contributed by atoms with E-state index in [9.17, 15) is 0 Å². The van der Waals surface area contributed by atoms with Gasteiger partial charge in [0.15, 0.2) is 0 Å². The zero-order valence-electron chi connectivity index (χ0n) is 61.9. The number of para-hydroxylation sites is 4. The van der Waals surface area contributed by atoms with Gasteiger partial charge in [-0.25, -0.2) is 0 Å². The minimum absolute atomic E-state index is 1.16. The van der Waals surface area contributed by atoms with Crippen LogP contribution in [-0.2, 0) is 0 Å². The molecule has 0 saturated carbocycles. The molecule has 18 aromatic carbocycles. The largest absolute Gasteiger partial charge is 0.309 e. The number of benzene rings is 18. The molecule has 0 fully saturated rings. The lowest BCUT2D eigenvalue weighted by atomic mass is 10.0. The van der Waals surface area contributed by atoms with Crippen molar-refractivity contribution in [1.82, 2.24) is 18.3 Å². The number of hydrogen-bond acceptors (Lipinski definition) is 2. The lowest BCUT2D eigenvalue weighted by Crippen LogP contribution is -1.94. The lowest BCUT2D eigenvalue weighted by Gasteiger charge is -2.11. The first-order valence-corrected chi connectivity index (χ1v) is 40.6. The third-order valence-electron chi connectivity index (χ3n) is 23.5. The van der Waals surface area contributed by atoms with Gasteiger partial charge in [-0.3, -0.25) is 0 Å². The highest BCUT2D eigenvalue weighted by Gasteiger charge is 2.21. The van der Waals surface area contributed by atoms with E-state index in [1.807, 2.05) is 22.7 Å². The van der Waals surface area contributed by atoms with E-state index in [2.05, 4.69) is 431 Å². The Bertz CT molecular complexity index is 7940. The fraction of sp³-hybridized carbons (Fsp3) is 0. The van der Waals surface area contributed by atoms with Crippen LogP contribution in [0.25, 0.3) is 217 Å². The quantitative estimate of drug-likeness (QED) is 0.130. The zero-order chi connectivity index (χ0) is 74.9. The molecule has 0 aliphatic carbocycles. The van der Waals surface area contributed by atoms with Crippen LogP contribution in [0.4, 0.5) is 0 Å². The maximum atomic E-state index is 2.43. The highest BCUT2D eigenvalue weighted by molar-refractivity contribution is 7.26. The maximum absolute atomic E-state index is 2.43. The highest BCUT2D eigenvalue weighted by atomic mass is 32.1. The molecule has 0 aliphatic heterocycles. The van der Waals surface area contributed by atoms with Crippen LogP contribution in [-0.4, -0.2) is 18.3 Å². The van der Waals surface area contributed by atoms with Crippen molar-refractivity contribution in [3.63, 3.8) is 0 Å². The van der Waals surface area contributed by atoms with Gasteiger partial charge in [-0.1, -0.05) is 255 Å². The van der Waals surface area contributed by atoms with E-state index in [0.717, 1.165) is 22.7 Å². The molecule has 24 rings (SSSR count). The second-order valence-electron chi connectivity index (χ2n) is 29.9.